The van der Waals surface area contributed by atoms with Crippen LogP contribution in [0.15, 0.2) is 36.7 Å². The predicted octanol–water partition coefficient (Wildman–Crippen LogP) is 4.25. The van der Waals surface area contributed by atoms with E-state index in [4.69, 9.17) is 9.47 Å². The van der Waals surface area contributed by atoms with E-state index in [9.17, 15) is 19.8 Å². The van der Waals surface area contributed by atoms with Crippen LogP contribution in [0.4, 0.5) is 5.69 Å². The maximum absolute atomic E-state index is 14.0. The van der Waals surface area contributed by atoms with Crippen LogP contribution in [0, 0.1) is 11.3 Å². The van der Waals surface area contributed by atoms with Crippen LogP contribution in [0.25, 0.3) is 0 Å². The summed E-state index contributed by atoms with van der Waals surface area (Å²) in [5.74, 6) is -0.962. The minimum absolute atomic E-state index is 0.0329. The number of aliphatic carboxylic acids is 1. The Morgan fingerprint density at radius 2 is 1.98 bits per heavy atom. The Balaban J connectivity index is 1.71. The van der Waals surface area contributed by atoms with Gasteiger partial charge in [-0.1, -0.05) is 40.5 Å². The number of aryl methyl sites for hydroxylation is 1. The standard InChI is InChI=1S/C32H45N3O6/c1-6-8-13-35(24-10-9-12-33(5)17-24)28(37)19-34-18-25(22-14-23(20-36)30-27(15-22)40-21-41-30)29(31(38)39)26(34)16-32(3,4)11-7-2/h9-10,12,14-15,17,25-26,29,36H,6-8,11,13,16,18-21H2,1-5H3/p+1/t25-,26+,29-/m1/s1. The Bertz CT molecular complexity index is 1230. The molecule has 3 heterocycles. The summed E-state index contributed by atoms with van der Waals surface area (Å²) in [6.07, 6.45) is 8.34. The number of aromatic nitrogens is 1. The van der Waals surface area contributed by atoms with Gasteiger partial charge in [0, 0.05) is 36.7 Å². The van der Waals surface area contributed by atoms with Crippen LogP contribution in [-0.2, 0) is 23.2 Å². The molecule has 0 spiro atoms. The lowest BCUT2D eigenvalue weighted by atomic mass is 9.76. The Morgan fingerprint density at radius 1 is 1.20 bits per heavy atom. The number of unbranched alkanes of at least 4 members (excludes halogenated alkanes) is 1. The minimum atomic E-state index is -0.872. The first-order valence-corrected chi connectivity index (χ1v) is 14.8. The predicted molar refractivity (Wildman–Crippen MR) is 156 cm³/mol. The van der Waals surface area contributed by atoms with Gasteiger partial charge in [-0.25, -0.2) is 4.57 Å². The Kier molecular flexibility index (Phi) is 9.92. The first-order valence-electron chi connectivity index (χ1n) is 14.8. The molecule has 0 radical (unpaired) electrons. The number of benzene rings is 1. The van der Waals surface area contributed by atoms with Crippen LogP contribution >= 0.6 is 0 Å². The number of fused-ring (bicyclic) bond motifs is 1. The lowest BCUT2D eigenvalue weighted by Crippen LogP contribution is -2.46. The highest BCUT2D eigenvalue weighted by molar-refractivity contribution is 5.94. The summed E-state index contributed by atoms with van der Waals surface area (Å²) in [6, 6.07) is 7.24. The van der Waals surface area contributed by atoms with Crippen LogP contribution in [0.2, 0.25) is 0 Å². The molecule has 41 heavy (non-hydrogen) atoms. The molecule has 9 nitrogen and oxygen atoms in total. The molecule has 0 unspecified atom stereocenters. The SMILES string of the molecule is CCCCN(C(=O)CN1C[C@H](c2cc(CO)c3c(c2)OCO3)[C@@H](C(=O)O)[C@@H]1CC(C)(C)CCC)c1ccc[n+](C)c1. The summed E-state index contributed by atoms with van der Waals surface area (Å²) >= 11 is 0. The first-order chi connectivity index (χ1) is 19.6. The zero-order valence-corrected chi connectivity index (χ0v) is 25.1. The van der Waals surface area contributed by atoms with Crippen molar-refractivity contribution in [2.75, 3.05) is 31.3 Å². The Morgan fingerprint density at radius 3 is 2.63 bits per heavy atom. The van der Waals surface area contributed by atoms with Crippen molar-refractivity contribution in [3.63, 3.8) is 0 Å². The first kappa shape index (κ1) is 30.8. The van der Waals surface area contributed by atoms with E-state index >= 15 is 0 Å². The third-order valence-corrected chi connectivity index (χ3v) is 8.50. The van der Waals surface area contributed by atoms with Gasteiger partial charge in [0.2, 0.25) is 12.7 Å². The average molecular weight is 569 g/mol. The highest BCUT2D eigenvalue weighted by atomic mass is 16.7. The number of aliphatic hydroxyl groups is 1. The molecule has 2 aromatic rings. The van der Waals surface area contributed by atoms with Gasteiger partial charge in [-0.3, -0.25) is 14.5 Å². The van der Waals surface area contributed by atoms with E-state index in [2.05, 4.69) is 32.6 Å². The quantitative estimate of drug-likeness (QED) is 0.348. The zero-order valence-electron chi connectivity index (χ0n) is 25.1. The maximum Gasteiger partial charge on any atom is 0.308 e. The fourth-order valence-corrected chi connectivity index (χ4v) is 6.57. The molecule has 0 bridgehead atoms. The molecular weight excluding hydrogens is 522 g/mol. The average Bonchev–Trinajstić information content (AvgIpc) is 3.53. The number of aliphatic hydroxyl groups excluding tert-OH is 1. The molecule has 2 aliphatic rings. The second kappa shape index (κ2) is 13.2. The number of rotatable bonds is 13. The van der Waals surface area contributed by atoms with Gasteiger partial charge >= 0.3 is 5.97 Å². The van der Waals surface area contributed by atoms with Crippen LogP contribution in [0.5, 0.6) is 11.5 Å². The molecule has 3 atom stereocenters. The molecular formula is C32H46N3O6+. The van der Waals surface area contributed by atoms with Crippen LogP contribution < -0.4 is 18.9 Å². The van der Waals surface area contributed by atoms with Crippen LogP contribution in [-0.4, -0.2) is 59.5 Å². The van der Waals surface area contributed by atoms with Crippen LogP contribution in [0.1, 0.15) is 76.8 Å². The second-order valence-electron chi connectivity index (χ2n) is 12.3. The lowest BCUT2D eigenvalue weighted by molar-refractivity contribution is -0.670. The molecule has 0 saturated carbocycles. The summed E-state index contributed by atoms with van der Waals surface area (Å²) < 4.78 is 13.1. The molecule has 224 valence electrons. The van der Waals surface area contributed by atoms with E-state index < -0.39 is 11.9 Å². The number of likely N-dealkylation sites (tertiary alicyclic amines) is 1. The van der Waals surface area contributed by atoms with Crippen molar-refractivity contribution < 1.29 is 33.8 Å². The van der Waals surface area contributed by atoms with Gasteiger partial charge in [0.05, 0.1) is 19.1 Å². The Labute approximate surface area is 243 Å². The van der Waals surface area contributed by atoms with E-state index in [-0.39, 0.29) is 43.2 Å². The summed E-state index contributed by atoms with van der Waals surface area (Å²) in [6.45, 7) is 9.61. The molecule has 1 aromatic carbocycles. The van der Waals surface area contributed by atoms with Gasteiger partial charge in [-0.15, -0.1) is 0 Å². The smallest absolute Gasteiger partial charge is 0.308 e. The van der Waals surface area contributed by atoms with Gasteiger partial charge in [0.15, 0.2) is 23.9 Å². The fraction of sp³-hybridized carbons (Fsp3) is 0.594. The van der Waals surface area contributed by atoms with Gasteiger partial charge in [-0.05, 0) is 48.4 Å². The highest BCUT2D eigenvalue weighted by Crippen LogP contribution is 2.46. The highest BCUT2D eigenvalue weighted by Gasteiger charge is 2.49. The number of nitrogens with zero attached hydrogens (tertiary/aromatic N) is 3. The third-order valence-electron chi connectivity index (χ3n) is 8.50. The van der Waals surface area contributed by atoms with E-state index in [1.54, 1.807) is 0 Å². The van der Waals surface area contributed by atoms with Crippen molar-refractivity contribution in [3.8, 4) is 11.5 Å². The van der Waals surface area contributed by atoms with Crippen molar-refractivity contribution >= 4 is 17.6 Å². The third kappa shape index (κ3) is 7.01. The Hall–Kier alpha value is -3.17. The van der Waals surface area contributed by atoms with Crippen molar-refractivity contribution in [1.82, 2.24) is 4.90 Å². The number of amides is 1. The largest absolute Gasteiger partial charge is 0.481 e. The molecule has 1 amide bonds. The van der Waals surface area contributed by atoms with Crippen molar-refractivity contribution in [3.05, 3.63) is 47.8 Å². The number of carboxylic acids is 1. The molecule has 2 aliphatic heterocycles. The summed E-state index contributed by atoms with van der Waals surface area (Å²) in [4.78, 5) is 30.9. The second-order valence-corrected chi connectivity index (χ2v) is 12.3. The van der Waals surface area contributed by atoms with Gasteiger partial charge < -0.3 is 24.6 Å². The summed E-state index contributed by atoms with van der Waals surface area (Å²) in [7, 11) is 1.94. The molecule has 0 aliphatic carbocycles. The number of carboxylic acid groups (broad SMARTS) is 1. The van der Waals surface area contributed by atoms with E-state index in [0.29, 0.717) is 36.6 Å². The number of anilines is 1. The van der Waals surface area contributed by atoms with Crippen molar-refractivity contribution in [2.24, 2.45) is 18.4 Å². The topological polar surface area (TPSA) is 103 Å². The van der Waals surface area contributed by atoms with E-state index in [0.717, 1.165) is 36.9 Å². The van der Waals surface area contributed by atoms with Gasteiger partial charge in [0.25, 0.3) is 0 Å². The summed E-state index contributed by atoms with van der Waals surface area (Å²) in [5.41, 5.74) is 2.12. The molecule has 2 N–H and O–H groups in total. The van der Waals surface area contributed by atoms with Crippen molar-refractivity contribution in [1.29, 1.82) is 0 Å². The van der Waals surface area contributed by atoms with Crippen molar-refractivity contribution in [2.45, 2.75) is 78.4 Å². The summed E-state index contributed by atoms with van der Waals surface area (Å²) in [5, 5.41) is 20.6. The van der Waals surface area contributed by atoms with E-state index in [1.165, 1.54) is 0 Å². The number of hydrogen-bond donors (Lipinski definition) is 2. The molecule has 4 rings (SSSR count). The number of pyridine rings is 1. The molecule has 1 saturated heterocycles. The monoisotopic (exact) mass is 568 g/mol. The number of ether oxygens (including phenoxy) is 2. The number of carbonyl (C=O) groups is 2. The number of hydrogen-bond acceptors (Lipinski definition) is 6. The van der Waals surface area contributed by atoms with Gasteiger partial charge in [-0.2, -0.15) is 0 Å². The fourth-order valence-electron chi connectivity index (χ4n) is 6.57. The van der Waals surface area contributed by atoms with Crippen LogP contribution in [0.3, 0.4) is 0 Å². The normalized spacial score (nSPS) is 20.4. The van der Waals surface area contributed by atoms with E-state index in [1.807, 2.05) is 53.2 Å². The molecule has 1 aromatic heterocycles. The molecule has 1 fully saturated rings. The van der Waals surface area contributed by atoms with Gasteiger partial charge in [0.1, 0.15) is 12.7 Å². The minimum Gasteiger partial charge on any atom is -0.481 e. The lowest BCUT2D eigenvalue weighted by Gasteiger charge is -2.35. The zero-order chi connectivity index (χ0) is 29.7. The molecule has 9 heteroatoms. The number of carbonyl (C=O) groups excluding carboxylic acids is 1. The maximum atomic E-state index is 14.0.